The lowest BCUT2D eigenvalue weighted by molar-refractivity contribution is 0.0402. The van der Waals surface area contributed by atoms with Crippen molar-refractivity contribution in [2.75, 3.05) is 32.9 Å². The minimum atomic E-state index is -0.0644. The van der Waals surface area contributed by atoms with Crippen LogP contribution < -0.4 is 5.32 Å². The molecule has 1 N–H and O–H groups in total. The zero-order valence-electron chi connectivity index (χ0n) is 14.5. The van der Waals surface area contributed by atoms with Crippen molar-refractivity contribution < 1.29 is 14.3 Å². The van der Waals surface area contributed by atoms with Gasteiger partial charge in [0.15, 0.2) is 0 Å². The van der Waals surface area contributed by atoms with Gasteiger partial charge >= 0.3 is 0 Å². The van der Waals surface area contributed by atoms with Crippen molar-refractivity contribution in [3.63, 3.8) is 0 Å². The summed E-state index contributed by atoms with van der Waals surface area (Å²) in [5, 5.41) is 3.03. The highest BCUT2D eigenvalue weighted by Gasteiger charge is 2.30. The topological polar surface area (TPSA) is 50.8 Å². The molecule has 0 radical (unpaired) electrons. The molecule has 5 nitrogen and oxygen atoms in total. The predicted octanol–water partition coefficient (Wildman–Crippen LogP) is 2.21. The Morgan fingerprint density at radius 2 is 1.96 bits per heavy atom. The number of carbonyl (C=O) groups is 1. The van der Waals surface area contributed by atoms with E-state index < -0.39 is 0 Å². The summed E-state index contributed by atoms with van der Waals surface area (Å²) in [7, 11) is 0. The first-order valence-corrected chi connectivity index (χ1v) is 9.08. The maximum absolute atomic E-state index is 12.4. The molecule has 24 heavy (non-hydrogen) atoms. The number of amides is 1. The van der Waals surface area contributed by atoms with Crippen LogP contribution in [0.5, 0.6) is 0 Å². The van der Waals surface area contributed by atoms with Gasteiger partial charge < -0.3 is 14.8 Å². The first-order valence-electron chi connectivity index (χ1n) is 9.08. The van der Waals surface area contributed by atoms with Gasteiger partial charge in [-0.05, 0) is 50.6 Å². The summed E-state index contributed by atoms with van der Waals surface area (Å²) in [6.45, 7) is 7.00. The van der Waals surface area contributed by atoms with Crippen LogP contribution in [0.1, 0.15) is 42.1 Å². The minimum Gasteiger partial charge on any atom is -0.376 e. The highest BCUT2D eigenvalue weighted by atomic mass is 16.5. The molecule has 1 aromatic carbocycles. The zero-order valence-corrected chi connectivity index (χ0v) is 14.5. The molecule has 0 saturated carbocycles. The number of rotatable bonds is 6. The first kappa shape index (κ1) is 17.4. The van der Waals surface area contributed by atoms with Gasteiger partial charge in [-0.25, -0.2) is 0 Å². The molecule has 0 unspecified atom stereocenters. The van der Waals surface area contributed by atoms with Gasteiger partial charge in [-0.3, -0.25) is 9.69 Å². The molecule has 0 aliphatic carbocycles. The quantitative estimate of drug-likeness (QED) is 0.868. The second-order valence-corrected chi connectivity index (χ2v) is 6.64. The third-order valence-corrected chi connectivity index (χ3v) is 4.80. The average Bonchev–Trinajstić information content (AvgIpc) is 3.04. The number of hydrogen-bond acceptors (Lipinski definition) is 4. The number of nitrogens with one attached hydrogen (secondary N) is 1. The van der Waals surface area contributed by atoms with Crippen LogP contribution in [0.2, 0.25) is 0 Å². The van der Waals surface area contributed by atoms with E-state index in [4.69, 9.17) is 9.47 Å². The van der Waals surface area contributed by atoms with E-state index in [1.54, 1.807) is 0 Å². The zero-order chi connectivity index (χ0) is 16.8. The van der Waals surface area contributed by atoms with Gasteiger partial charge in [-0.2, -0.15) is 0 Å². The van der Waals surface area contributed by atoms with Crippen LogP contribution in [0.4, 0.5) is 0 Å². The Balaban J connectivity index is 1.53. The lowest BCUT2D eigenvalue weighted by atomic mass is 10.1. The van der Waals surface area contributed by atoms with Crippen molar-refractivity contribution in [1.29, 1.82) is 0 Å². The fourth-order valence-corrected chi connectivity index (χ4v) is 3.44. The van der Waals surface area contributed by atoms with Crippen molar-refractivity contribution in [2.24, 2.45) is 0 Å². The molecular formula is C19H28N2O3. The maximum atomic E-state index is 12.4. The number of ether oxygens (including phenoxy) is 2. The molecule has 2 atom stereocenters. The molecule has 2 heterocycles. The van der Waals surface area contributed by atoms with Gasteiger partial charge in [0.25, 0.3) is 5.91 Å². The third-order valence-electron chi connectivity index (χ3n) is 4.80. The molecule has 0 spiro atoms. The van der Waals surface area contributed by atoms with E-state index in [0.29, 0.717) is 25.4 Å². The summed E-state index contributed by atoms with van der Waals surface area (Å²) < 4.78 is 11.0. The summed E-state index contributed by atoms with van der Waals surface area (Å²) >= 11 is 0. The number of likely N-dealkylation sites (tertiary alicyclic amines) is 1. The average molecular weight is 332 g/mol. The molecule has 1 amide bonds. The second kappa shape index (κ2) is 8.60. The molecule has 2 fully saturated rings. The molecular weight excluding hydrogens is 304 g/mol. The summed E-state index contributed by atoms with van der Waals surface area (Å²) in [6, 6.07) is 7.90. The molecule has 2 aliphatic heterocycles. The summed E-state index contributed by atoms with van der Waals surface area (Å²) in [6.07, 6.45) is 3.90. The second-order valence-electron chi connectivity index (χ2n) is 6.64. The molecule has 2 aliphatic rings. The summed E-state index contributed by atoms with van der Waals surface area (Å²) in [5.74, 6) is -0.0558. The highest BCUT2D eigenvalue weighted by Crippen LogP contribution is 2.15. The molecule has 1 aromatic rings. The van der Waals surface area contributed by atoms with E-state index in [0.717, 1.165) is 6.54 Å². The number of hydrogen-bond donors (Lipinski definition) is 1. The van der Waals surface area contributed by atoms with Crippen LogP contribution in [0.15, 0.2) is 24.3 Å². The highest BCUT2D eigenvalue weighted by molar-refractivity contribution is 5.94. The molecule has 132 valence electrons. The Morgan fingerprint density at radius 1 is 1.21 bits per heavy atom. The Bertz CT molecular complexity index is 526. The predicted molar refractivity (Wildman–Crippen MR) is 93.1 cm³/mol. The van der Waals surface area contributed by atoms with Gasteiger partial charge in [0, 0.05) is 18.7 Å². The van der Waals surface area contributed by atoms with Crippen LogP contribution >= 0.6 is 0 Å². The molecule has 3 rings (SSSR count). The van der Waals surface area contributed by atoms with Gasteiger partial charge in [0.2, 0.25) is 0 Å². The van der Waals surface area contributed by atoms with Gasteiger partial charge in [0.05, 0.1) is 19.3 Å². The van der Waals surface area contributed by atoms with Gasteiger partial charge in [-0.15, -0.1) is 0 Å². The van der Waals surface area contributed by atoms with Crippen LogP contribution in [0, 0.1) is 0 Å². The van der Waals surface area contributed by atoms with Crippen molar-refractivity contribution in [2.45, 2.75) is 44.9 Å². The van der Waals surface area contributed by atoms with Crippen LogP contribution in [0.25, 0.3) is 0 Å². The largest absolute Gasteiger partial charge is 0.376 e. The fourth-order valence-electron chi connectivity index (χ4n) is 3.44. The van der Waals surface area contributed by atoms with Crippen molar-refractivity contribution in [1.82, 2.24) is 10.2 Å². The number of piperidine rings is 1. The van der Waals surface area contributed by atoms with E-state index in [2.05, 4.69) is 22.3 Å². The minimum absolute atomic E-state index is 0.0441. The number of nitrogens with zero attached hydrogens (tertiary/aromatic N) is 1. The Kier molecular flexibility index (Phi) is 6.24. The number of carbonyl (C=O) groups excluding carboxylic acids is 1. The van der Waals surface area contributed by atoms with E-state index in [-0.39, 0.29) is 18.1 Å². The smallest absolute Gasteiger partial charge is 0.251 e. The van der Waals surface area contributed by atoms with E-state index >= 15 is 0 Å². The fraction of sp³-hybridized carbons (Fsp3) is 0.632. The summed E-state index contributed by atoms with van der Waals surface area (Å²) in [4.78, 5) is 14.9. The molecule has 0 aromatic heterocycles. The van der Waals surface area contributed by atoms with Crippen LogP contribution in [0.3, 0.4) is 0 Å². The standard InChI is InChI=1S/C19H28N2O3/c1-2-24-18-14-23-13-17(18)20-19(22)16-8-6-15(7-9-16)12-21-10-4-3-5-11-21/h6-9,17-18H,2-5,10-14H2,1H3,(H,20,22)/t17-,18-/m0/s1. The van der Waals surface area contributed by atoms with Crippen molar-refractivity contribution in [3.05, 3.63) is 35.4 Å². The van der Waals surface area contributed by atoms with Crippen molar-refractivity contribution >= 4 is 5.91 Å². The Hall–Kier alpha value is -1.43. The van der Waals surface area contributed by atoms with E-state index in [9.17, 15) is 4.79 Å². The van der Waals surface area contributed by atoms with Crippen molar-refractivity contribution in [3.8, 4) is 0 Å². The molecule has 2 saturated heterocycles. The summed E-state index contributed by atoms with van der Waals surface area (Å²) in [5.41, 5.74) is 1.96. The monoisotopic (exact) mass is 332 g/mol. The van der Waals surface area contributed by atoms with E-state index in [1.807, 2.05) is 19.1 Å². The molecule has 5 heteroatoms. The lowest BCUT2D eigenvalue weighted by Gasteiger charge is -2.26. The van der Waals surface area contributed by atoms with Gasteiger partial charge in [-0.1, -0.05) is 18.6 Å². The van der Waals surface area contributed by atoms with Crippen LogP contribution in [-0.2, 0) is 16.0 Å². The lowest BCUT2D eigenvalue weighted by Crippen LogP contribution is -2.43. The van der Waals surface area contributed by atoms with Gasteiger partial charge in [0.1, 0.15) is 6.10 Å². The third kappa shape index (κ3) is 4.56. The maximum Gasteiger partial charge on any atom is 0.251 e. The normalized spacial score (nSPS) is 24.9. The number of benzene rings is 1. The molecule has 0 bridgehead atoms. The Labute approximate surface area is 144 Å². The Morgan fingerprint density at radius 3 is 2.67 bits per heavy atom. The van der Waals surface area contributed by atoms with Crippen LogP contribution in [-0.4, -0.2) is 55.9 Å². The van der Waals surface area contributed by atoms with E-state index in [1.165, 1.54) is 37.9 Å². The SMILES string of the molecule is CCO[C@H]1COC[C@@H]1NC(=O)c1ccc(CN2CCCCC2)cc1. The first-order chi connectivity index (χ1) is 11.8.